The van der Waals surface area contributed by atoms with Gasteiger partial charge in [0.05, 0.1) is 5.97 Å². The molecule has 1 atom stereocenters. The van der Waals surface area contributed by atoms with Crippen molar-refractivity contribution in [2.45, 2.75) is 19.1 Å². The van der Waals surface area contributed by atoms with Crippen molar-refractivity contribution in [3.63, 3.8) is 0 Å². The Morgan fingerprint density at radius 1 is 1.18 bits per heavy atom. The zero-order valence-electron chi connectivity index (χ0n) is 9.88. The van der Waals surface area contributed by atoms with E-state index in [4.69, 9.17) is 4.55 Å². The molecule has 0 radical (unpaired) electrons. The summed E-state index contributed by atoms with van der Waals surface area (Å²) in [4.78, 5) is 20.8. The molecule has 3 N–H and O–H groups in total. The minimum Gasteiger partial charge on any atom is -0.550 e. The standard InChI is InChI=1S/C6H10O7S.2Na.H2O/c1-6(2,5(9)10)3(4(7)8)14(11,12)13;;;/h3H,1-2H3,(H,7,8)(H,9,10)(H,11,12,13);;;1H2/q;2*+1;/p-2. The van der Waals surface area contributed by atoms with Crippen LogP contribution in [-0.4, -0.2) is 35.6 Å². The van der Waals surface area contributed by atoms with E-state index in [1.807, 2.05) is 0 Å². The molecule has 0 saturated heterocycles. The van der Waals surface area contributed by atoms with Gasteiger partial charge in [0.15, 0.2) is 0 Å². The zero-order chi connectivity index (χ0) is 11.7. The van der Waals surface area contributed by atoms with Crippen LogP contribution in [0.15, 0.2) is 0 Å². The smallest absolute Gasteiger partial charge is 0.550 e. The monoisotopic (exact) mass is 288 g/mol. The van der Waals surface area contributed by atoms with E-state index < -0.39 is 32.7 Å². The van der Waals surface area contributed by atoms with Gasteiger partial charge in [0.1, 0.15) is 5.25 Å². The number of carbonyl (C=O) groups excluding carboxylic acids is 2. The second kappa shape index (κ2) is 8.83. The van der Waals surface area contributed by atoms with Crippen LogP contribution in [0.1, 0.15) is 13.8 Å². The van der Waals surface area contributed by atoms with Gasteiger partial charge in [-0.05, 0) is 0 Å². The molecule has 0 spiro atoms. The molecule has 8 nitrogen and oxygen atoms in total. The maximum absolute atomic E-state index is 10.6. The average molecular weight is 288 g/mol. The third-order valence-corrected chi connectivity index (χ3v) is 3.07. The summed E-state index contributed by atoms with van der Waals surface area (Å²) >= 11 is 0. The first-order chi connectivity index (χ1) is 6.01. The Morgan fingerprint density at radius 2 is 1.47 bits per heavy atom. The fourth-order valence-electron chi connectivity index (χ4n) is 0.896. The number of rotatable bonds is 4. The van der Waals surface area contributed by atoms with Crippen LogP contribution in [0.25, 0.3) is 0 Å². The number of hydrogen-bond acceptors (Lipinski definition) is 6. The Bertz CT molecular complexity index is 362. The van der Waals surface area contributed by atoms with Gasteiger partial charge in [-0.1, -0.05) is 13.8 Å². The zero-order valence-corrected chi connectivity index (χ0v) is 14.7. The summed E-state index contributed by atoms with van der Waals surface area (Å²) < 4.78 is 29.6. The summed E-state index contributed by atoms with van der Waals surface area (Å²) in [5.41, 5.74) is -2.27. The number of carbonyl (C=O) groups is 2. The van der Waals surface area contributed by atoms with E-state index in [1.165, 1.54) is 0 Å². The van der Waals surface area contributed by atoms with E-state index in [0.717, 1.165) is 13.8 Å². The van der Waals surface area contributed by atoms with Gasteiger partial charge in [0.25, 0.3) is 10.1 Å². The summed E-state index contributed by atoms with van der Waals surface area (Å²) in [6.45, 7) is 1.60. The molecule has 0 aromatic carbocycles. The van der Waals surface area contributed by atoms with Crippen molar-refractivity contribution in [3.05, 3.63) is 0 Å². The van der Waals surface area contributed by atoms with Crippen LogP contribution in [0.3, 0.4) is 0 Å². The second-order valence-corrected chi connectivity index (χ2v) is 4.72. The number of carboxylic acid groups (broad SMARTS) is 2. The van der Waals surface area contributed by atoms with E-state index in [9.17, 15) is 28.2 Å². The van der Waals surface area contributed by atoms with Crippen molar-refractivity contribution < 1.29 is 97.4 Å². The third-order valence-electron chi connectivity index (χ3n) is 1.69. The maximum Gasteiger partial charge on any atom is 1.00 e. The molecule has 0 aliphatic carbocycles. The minimum atomic E-state index is -5.05. The maximum atomic E-state index is 10.6. The van der Waals surface area contributed by atoms with Crippen LogP contribution < -0.4 is 69.3 Å². The quantitative estimate of drug-likeness (QED) is 0.396. The molecule has 1 unspecified atom stereocenters. The van der Waals surface area contributed by atoms with Crippen LogP contribution >= 0.6 is 0 Å². The third kappa shape index (κ3) is 7.09. The van der Waals surface area contributed by atoms with Crippen LogP contribution in [0.2, 0.25) is 0 Å². The first-order valence-corrected chi connectivity index (χ1v) is 4.90. The van der Waals surface area contributed by atoms with Crippen molar-refractivity contribution >= 4 is 22.1 Å². The molecule has 0 aromatic rings. The van der Waals surface area contributed by atoms with Crippen molar-refractivity contribution in [3.8, 4) is 0 Å². The van der Waals surface area contributed by atoms with Crippen LogP contribution in [-0.2, 0) is 19.7 Å². The molecule has 17 heavy (non-hydrogen) atoms. The average Bonchev–Trinajstić information content (AvgIpc) is 1.79. The molecular formula is C6H10Na2O8S. The van der Waals surface area contributed by atoms with Gasteiger partial charge in [-0.2, -0.15) is 8.42 Å². The van der Waals surface area contributed by atoms with Gasteiger partial charge in [-0.3, -0.25) is 4.55 Å². The van der Waals surface area contributed by atoms with Crippen molar-refractivity contribution in [2.75, 3.05) is 0 Å². The van der Waals surface area contributed by atoms with Crippen molar-refractivity contribution in [1.29, 1.82) is 0 Å². The summed E-state index contributed by atoms with van der Waals surface area (Å²) in [5, 5.41) is 18.2. The van der Waals surface area contributed by atoms with E-state index in [0.29, 0.717) is 0 Å². The Balaban J connectivity index is -0.000000282. The van der Waals surface area contributed by atoms with Crippen LogP contribution in [0, 0.1) is 5.41 Å². The van der Waals surface area contributed by atoms with E-state index in [2.05, 4.69) is 0 Å². The minimum absolute atomic E-state index is 0. The van der Waals surface area contributed by atoms with E-state index in [1.54, 1.807) is 0 Å². The Labute approximate surface area is 142 Å². The molecular weight excluding hydrogens is 278 g/mol. The van der Waals surface area contributed by atoms with Gasteiger partial charge in [0, 0.05) is 11.4 Å². The Hall–Kier alpha value is 0.810. The van der Waals surface area contributed by atoms with Gasteiger partial charge in [-0.25, -0.2) is 0 Å². The van der Waals surface area contributed by atoms with Gasteiger partial charge < -0.3 is 25.3 Å². The molecule has 0 heterocycles. The van der Waals surface area contributed by atoms with Gasteiger partial charge >= 0.3 is 59.1 Å². The molecule has 11 heteroatoms. The van der Waals surface area contributed by atoms with Crippen LogP contribution in [0.4, 0.5) is 0 Å². The first-order valence-electron chi connectivity index (χ1n) is 3.40. The largest absolute Gasteiger partial charge is 1.00 e. The van der Waals surface area contributed by atoms with Gasteiger partial charge in [0.2, 0.25) is 0 Å². The predicted molar refractivity (Wildman–Crippen MR) is 42.7 cm³/mol. The van der Waals surface area contributed by atoms with E-state index in [-0.39, 0.29) is 64.6 Å². The predicted octanol–water partition coefficient (Wildman–Crippen LogP) is -10.0. The second-order valence-electron chi connectivity index (χ2n) is 3.22. The fourth-order valence-corrected chi connectivity index (χ4v) is 1.98. The summed E-state index contributed by atoms with van der Waals surface area (Å²) in [5.74, 6) is -4.11. The Morgan fingerprint density at radius 3 is 1.53 bits per heavy atom. The van der Waals surface area contributed by atoms with Crippen molar-refractivity contribution in [1.82, 2.24) is 0 Å². The summed E-state index contributed by atoms with van der Waals surface area (Å²) in [6.07, 6.45) is 0. The molecule has 0 amide bonds. The molecule has 0 aromatic heterocycles. The molecule has 0 rings (SSSR count). The topological polar surface area (TPSA) is 166 Å². The van der Waals surface area contributed by atoms with Gasteiger partial charge in [-0.15, -0.1) is 0 Å². The summed E-state index contributed by atoms with van der Waals surface area (Å²) in [6, 6.07) is 0. The molecule has 90 valence electrons. The Kier molecular flexibility index (Phi) is 13.7. The number of hydrogen-bond donors (Lipinski definition) is 1. The van der Waals surface area contributed by atoms with Crippen molar-refractivity contribution in [2.24, 2.45) is 5.41 Å². The number of carboxylic acids is 2. The van der Waals surface area contributed by atoms with Crippen LogP contribution in [0.5, 0.6) is 0 Å². The molecule has 0 bridgehead atoms. The SMILES string of the molecule is CC(C)(C(=O)[O-])C(C(=O)[O-])S(=O)(=O)O.O.[Na+].[Na+]. The first kappa shape index (κ1) is 26.4. The summed E-state index contributed by atoms with van der Waals surface area (Å²) in [7, 11) is -5.05. The molecule has 0 fully saturated rings. The molecule has 0 aliphatic rings. The molecule has 0 aliphatic heterocycles. The van der Waals surface area contributed by atoms with E-state index >= 15 is 0 Å². The molecule has 0 saturated carbocycles. The normalized spacial score (nSPS) is 12.2. The number of aliphatic carboxylic acids is 2. The fraction of sp³-hybridized carbons (Fsp3) is 0.667.